The molecule has 0 radical (unpaired) electrons. The molecular formula is C16H22N2O3S. The third-order valence-corrected chi connectivity index (χ3v) is 4.46. The van der Waals surface area contributed by atoms with Crippen LogP contribution in [0.2, 0.25) is 0 Å². The minimum atomic E-state index is -3.63. The second-order valence-corrected chi connectivity index (χ2v) is 7.31. The average Bonchev–Trinajstić information content (AvgIpc) is 2.46. The number of benzene rings is 1. The standard InChI is InChI=1S/C16H22N2O3S/c1-3-9-18-10-7-13(8-11-18)14-5-4-6-16(15(14)12-17)21-22(2,19)20/h4-6,13H,3,7-11H2,1-2H3. The summed E-state index contributed by atoms with van der Waals surface area (Å²) < 4.78 is 27.6. The van der Waals surface area contributed by atoms with Gasteiger partial charge in [-0.1, -0.05) is 19.1 Å². The maximum Gasteiger partial charge on any atom is 0.306 e. The number of hydrogen-bond donors (Lipinski definition) is 0. The van der Waals surface area contributed by atoms with Gasteiger partial charge in [0, 0.05) is 0 Å². The summed E-state index contributed by atoms with van der Waals surface area (Å²) in [6.07, 6.45) is 4.10. The molecule has 0 aromatic heterocycles. The van der Waals surface area contributed by atoms with E-state index in [1.807, 2.05) is 6.07 Å². The minimum absolute atomic E-state index is 0.137. The fraction of sp³-hybridized carbons (Fsp3) is 0.562. The molecule has 1 aliphatic heterocycles. The van der Waals surface area contributed by atoms with Gasteiger partial charge < -0.3 is 9.08 Å². The van der Waals surface area contributed by atoms with Gasteiger partial charge in [-0.3, -0.25) is 0 Å². The Bertz CT molecular complexity index is 656. The van der Waals surface area contributed by atoms with Crippen LogP contribution < -0.4 is 4.18 Å². The fourth-order valence-corrected chi connectivity index (χ4v) is 3.49. The minimum Gasteiger partial charge on any atom is -0.381 e. The lowest BCUT2D eigenvalue weighted by Gasteiger charge is -2.32. The number of nitriles is 1. The average molecular weight is 322 g/mol. The second kappa shape index (κ2) is 7.12. The third kappa shape index (κ3) is 4.21. The highest BCUT2D eigenvalue weighted by atomic mass is 32.2. The first kappa shape index (κ1) is 16.8. The van der Waals surface area contributed by atoms with Gasteiger partial charge in [0.15, 0.2) is 5.75 Å². The molecule has 0 N–H and O–H groups in total. The fourth-order valence-electron chi connectivity index (χ4n) is 3.02. The molecule has 0 spiro atoms. The molecule has 0 aliphatic carbocycles. The van der Waals surface area contributed by atoms with Crippen molar-refractivity contribution in [1.82, 2.24) is 4.90 Å². The van der Waals surface area contributed by atoms with Gasteiger partial charge in [-0.2, -0.15) is 13.7 Å². The highest BCUT2D eigenvalue weighted by Crippen LogP contribution is 2.34. The largest absolute Gasteiger partial charge is 0.381 e. The van der Waals surface area contributed by atoms with Crippen LogP contribution in [0.1, 0.15) is 43.2 Å². The molecule has 1 saturated heterocycles. The van der Waals surface area contributed by atoms with Gasteiger partial charge in [0.05, 0.1) is 11.8 Å². The van der Waals surface area contributed by atoms with E-state index in [2.05, 4.69) is 17.9 Å². The van der Waals surface area contributed by atoms with Crippen molar-refractivity contribution in [3.63, 3.8) is 0 Å². The van der Waals surface area contributed by atoms with Crippen LogP contribution in [0.3, 0.4) is 0 Å². The van der Waals surface area contributed by atoms with Crippen molar-refractivity contribution in [2.75, 3.05) is 25.9 Å². The lowest BCUT2D eigenvalue weighted by atomic mass is 9.86. The van der Waals surface area contributed by atoms with Gasteiger partial charge in [-0.25, -0.2) is 0 Å². The Morgan fingerprint density at radius 3 is 2.59 bits per heavy atom. The summed E-state index contributed by atoms with van der Waals surface area (Å²) >= 11 is 0. The molecule has 1 aromatic rings. The molecule has 6 heteroatoms. The maximum atomic E-state index is 11.3. The second-order valence-electron chi connectivity index (χ2n) is 5.74. The first-order valence-electron chi connectivity index (χ1n) is 7.59. The van der Waals surface area contributed by atoms with Crippen molar-refractivity contribution in [1.29, 1.82) is 5.26 Å². The summed E-state index contributed by atoms with van der Waals surface area (Å²) in [5.74, 6) is 0.421. The highest BCUT2D eigenvalue weighted by molar-refractivity contribution is 7.86. The molecule has 1 aliphatic rings. The topological polar surface area (TPSA) is 70.4 Å². The number of rotatable bonds is 5. The van der Waals surface area contributed by atoms with Crippen LogP contribution >= 0.6 is 0 Å². The molecule has 0 amide bonds. The zero-order chi connectivity index (χ0) is 16.2. The van der Waals surface area contributed by atoms with Gasteiger partial charge in [0.25, 0.3) is 0 Å². The molecular weight excluding hydrogens is 300 g/mol. The predicted octanol–water partition coefficient (Wildman–Crippen LogP) is 2.49. The van der Waals surface area contributed by atoms with Crippen LogP contribution in [0.5, 0.6) is 5.75 Å². The summed E-state index contributed by atoms with van der Waals surface area (Å²) in [6, 6.07) is 7.32. The van der Waals surface area contributed by atoms with Crippen molar-refractivity contribution >= 4 is 10.1 Å². The molecule has 22 heavy (non-hydrogen) atoms. The Kier molecular flexibility index (Phi) is 5.43. The molecule has 0 unspecified atom stereocenters. The van der Waals surface area contributed by atoms with E-state index < -0.39 is 10.1 Å². The summed E-state index contributed by atoms with van der Waals surface area (Å²) in [5.41, 5.74) is 1.25. The van der Waals surface area contributed by atoms with E-state index in [-0.39, 0.29) is 11.7 Å². The number of piperidine rings is 1. The van der Waals surface area contributed by atoms with E-state index >= 15 is 0 Å². The van der Waals surface area contributed by atoms with Gasteiger partial charge in [0.2, 0.25) is 0 Å². The first-order valence-corrected chi connectivity index (χ1v) is 9.41. The quantitative estimate of drug-likeness (QED) is 0.779. The van der Waals surface area contributed by atoms with Crippen LogP contribution in [0.15, 0.2) is 18.2 Å². The van der Waals surface area contributed by atoms with Crippen LogP contribution in [-0.2, 0) is 10.1 Å². The lowest BCUT2D eigenvalue weighted by molar-refractivity contribution is 0.212. The predicted molar refractivity (Wildman–Crippen MR) is 85.3 cm³/mol. The first-order chi connectivity index (χ1) is 10.4. The molecule has 1 fully saturated rings. The van der Waals surface area contributed by atoms with Crippen LogP contribution in [0.4, 0.5) is 0 Å². The molecule has 120 valence electrons. The van der Waals surface area contributed by atoms with Gasteiger partial charge in [0.1, 0.15) is 6.07 Å². The normalized spacial score (nSPS) is 17.1. The smallest absolute Gasteiger partial charge is 0.306 e. The number of hydrogen-bond acceptors (Lipinski definition) is 5. The molecule has 2 rings (SSSR count). The van der Waals surface area contributed by atoms with Gasteiger partial charge in [-0.15, -0.1) is 0 Å². The summed E-state index contributed by atoms with van der Waals surface area (Å²) in [6.45, 7) is 5.31. The summed E-state index contributed by atoms with van der Waals surface area (Å²) in [7, 11) is -3.63. The summed E-state index contributed by atoms with van der Waals surface area (Å²) in [5, 5.41) is 9.43. The SMILES string of the molecule is CCCN1CCC(c2cccc(OS(C)(=O)=O)c2C#N)CC1. The van der Waals surface area contributed by atoms with Crippen LogP contribution in [0.25, 0.3) is 0 Å². The van der Waals surface area contributed by atoms with Crippen molar-refractivity contribution < 1.29 is 12.6 Å². The van der Waals surface area contributed by atoms with Crippen LogP contribution in [0, 0.1) is 11.3 Å². The van der Waals surface area contributed by atoms with Crippen molar-refractivity contribution in [2.24, 2.45) is 0 Å². The van der Waals surface area contributed by atoms with E-state index in [0.29, 0.717) is 5.56 Å². The molecule has 0 atom stereocenters. The van der Waals surface area contributed by atoms with E-state index in [1.54, 1.807) is 6.07 Å². The molecule has 1 heterocycles. The molecule has 1 aromatic carbocycles. The van der Waals surface area contributed by atoms with Gasteiger partial charge in [-0.05, 0) is 56.4 Å². The zero-order valence-corrected chi connectivity index (χ0v) is 13.9. The van der Waals surface area contributed by atoms with E-state index in [1.165, 1.54) is 6.07 Å². The zero-order valence-electron chi connectivity index (χ0n) is 13.1. The lowest BCUT2D eigenvalue weighted by Crippen LogP contribution is -2.33. The highest BCUT2D eigenvalue weighted by Gasteiger charge is 2.24. The number of nitrogens with zero attached hydrogens (tertiary/aromatic N) is 2. The molecule has 0 bridgehead atoms. The Labute approximate surface area is 132 Å². The van der Waals surface area contributed by atoms with Gasteiger partial charge >= 0.3 is 10.1 Å². The molecule has 5 nitrogen and oxygen atoms in total. The van der Waals surface area contributed by atoms with Crippen molar-refractivity contribution in [3.8, 4) is 11.8 Å². The molecule has 0 saturated carbocycles. The number of likely N-dealkylation sites (tertiary alicyclic amines) is 1. The Morgan fingerprint density at radius 1 is 1.36 bits per heavy atom. The van der Waals surface area contributed by atoms with E-state index in [0.717, 1.165) is 50.7 Å². The van der Waals surface area contributed by atoms with Crippen LogP contribution in [-0.4, -0.2) is 39.2 Å². The Morgan fingerprint density at radius 2 is 2.05 bits per heavy atom. The third-order valence-electron chi connectivity index (χ3n) is 3.98. The Hall–Kier alpha value is -1.58. The van der Waals surface area contributed by atoms with Crippen molar-refractivity contribution in [3.05, 3.63) is 29.3 Å². The Balaban J connectivity index is 2.22. The maximum absolute atomic E-state index is 11.3. The van der Waals surface area contributed by atoms with E-state index in [9.17, 15) is 13.7 Å². The monoisotopic (exact) mass is 322 g/mol. The van der Waals surface area contributed by atoms with E-state index in [4.69, 9.17) is 4.18 Å². The summed E-state index contributed by atoms with van der Waals surface area (Å²) in [4.78, 5) is 2.43. The van der Waals surface area contributed by atoms with Crippen molar-refractivity contribution in [2.45, 2.75) is 32.1 Å².